The molecule has 0 aliphatic rings. The van der Waals surface area contributed by atoms with Crippen LogP contribution in [0, 0.1) is 62.3 Å². The maximum Gasteiger partial charge on any atom is 2.00 e. The molecule has 0 saturated carbocycles. The molecule has 0 aromatic carbocycles. The number of pyridine rings is 2. The third kappa shape index (κ3) is 10.5. The maximum absolute atomic E-state index is 12.6. The van der Waals surface area contributed by atoms with Gasteiger partial charge in [-0.2, -0.15) is 5.92 Å². The van der Waals surface area contributed by atoms with Crippen molar-refractivity contribution in [3.63, 3.8) is 0 Å². The second-order valence-electron chi connectivity index (χ2n) is 8.36. The van der Waals surface area contributed by atoms with Crippen molar-refractivity contribution in [3.8, 4) is 16.9 Å². The van der Waals surface area contributed by atoms with E-state index in [0.717, 1.165) is 22.9 Å². The standard InChI is InChI=1S/C15H11ClN5O2S.C10H21.U/c1-8-3-9(10-4-13(16)18-6-12(10)23-2)11(5-17-8)14(22)20-15-21-19-7-24-15;1-5-6-10(4)8-7-9(2)3;/h3-6H,1-2H3,(H,20,21,22);9-10H,4-8H2,1-3H3;/q2*-1;+2. The van der Waals surface area contributed by atoms with Crippen LogP contribution < -0.4 is 10.1 Å². The van der Waals surface area contributed by atoms with Gasteiger partial charge in [-0.05, 0) is 25.0 Å². The van der Waals surface area contributed by atoms with E-state index in [1.54, 1.807) is 12.1 Å². The minimum absolute atomic E-state index is 0. The number of hydrogen-bond acceptors (Lipinski definition) is 7. The predicted molar refractivity (Wildman–Crippen MR) is 138 cm³/mol. The van der Waals surface area contributed by atoms with E-state index in [4.69, 9.17) is 16.3 Å². The van der Waals surface area contributed by atoms with E-state index < -0.39 is 0 Å². The van der Waals surface area contributed by atoms with Gasteiger partial charge in [0.25, 0.3) is 0 Å². The van der Waals surface area contributed by atoms with Crippen molar-refractivity contribution in [1.29, 1.82) is 0 Å². The molecule has 186 valence electrons. The topological polar surface area (TPSA) is 89.9 Å². The number of carbonyl (C=O) groups is 1. The Kier molecular flexibility index (Phi) is 14.6. The number of nitrogens with zero attached hydrogens (tertiary/aromatic N) is 4. The van der Waals surface area contributed by atoms with Crippen molar-refractivity contribution in [2.24, 2.45) is 11.8 Å². The fraction of sp³-hybridized carbons (Fsp3) is 0.440. The van der Waals surface area contributed by atoms with Crippen LogP contribution in [0.4, 0.5) is 5.13 Å². The van der Waals surface area contributed by atoms with Crippen LogP contribution in [0.3, 0.4) is 0 Å². The minimum atomic E-state index is -0.363. The number of halogens is 1. The Balaban J connectivity index is 0.000000477. The molecule has 7 nitrogen and oxygen atoms in total. The Morgan fingerprint density at radius 3 is 2.54 bits per heavy atom. The average Bonchev–Trinajstić information content (AvgIpc) is 3.31. The molecule has 0 bridgehead atoms. The van der Waals surface area contributed by atoms with Gasteiger partial charge in [-0.3, -0.25) is 26.2 Å². The normalized spacial score (nSPS) is 11.2. The number of hydrogen-bond donors (Lipinski definition) is 1. The number of aryl methyl sites for hydroxylation is 1. The van der Waals surface area contributed by atoms with E-state index in [9.17, 15) is 4.79 Å². The summed E-state index contributed by atoms with van der Waals surface area (Å²) in [5.41, 5.74) is 4.96. The number of anilines is 1. The molecule has 1 unspecified atom stereocenters. The molecular formula is C25H32ClN5O2SU. The fourth-order valence-corrected chi connectivity index (χ4v) is 3.79. The van der Waals surface area contributed by atoms with Gasteiger partial charge in [-0.25, -0.2) is 10.1 Å². The molecule has 0 aliphatic carbocycles. The fourth-order valence-electron chi connectivity index (χ4n) is 3.24. The first-order valence-electron chi connectivity index (χ1n) is 11.3. The summed E-state index contributed by atoms with van der Waals surface area (Å²) in [5.74, 6) is 1.69. The van der Waals surface area contributed by atoms with Gasteiger partial charge < -0.3 is 17.0 Å². The maximum atomic E-state index is 12.6. The van der Waals surface area contributed by atoms with Crippen molar-refractivity contribution in [2.75, 3.05) is 12.4 Å². The van der Waals surface area contributed by atoms with Crippen molar-refractivity contribution in [2.45, 2.75) is 53.4 Å². The largest absolute Gasteiger partial charge is 2.00 e. The Morgan fingerprint density at radius 1 is 1.20 bits per heavy atom. The van der Waals surface area contributed by atoms with Crippen molar-refractivity contribution in [1.82, 2.24) is 20.2 Å². The third-order valence-corrected chi connectivity index (χ3v) is 5.78. The first-order valence-corrected chi connectivity index (χ1v) is 12.4. The molecule has 10 heteroatoms. The van der Waals surface area contributed by atoms with Gasteiger partial charge >= 0.3 is 31.1 Å². The van der Waals surface area contributed by atoms with Crippen LogP contribution in [-0.4, -0.2) is 33.2 Å². The van der Waals surface area contributed by atoms with Crippen LogP contribution >= 0.6 is 22.9 Å². The zero-order valence-corrected chi connectivity index (χ0v) is 26.6. The van der Waals surface area contributed by atoms with Crippen LogP contribution in [0.1, 0.15) is 62.5 Å². The van der Waals surface area contributed by atoms with Gasteiger partial charge in [0, 0.05) is 23.0 Å². The molecule has 0 aliphatic heterocycles. The van der Waals surface area contributed by atoms with Crippen LogP contribution in [0.5, 0.6) is 5.75 Å². The number of carbonyl (C=O) groups excluding carboxylic acids is 1. The Bertz CT molecular complexity index is 1050. The summed E-state index contributed by atoms with van der Waals surface area (Å²) < 4.78 is 5.34. The molecule has 35 heavy (non-hydrogen) atoms. The second kappa shape index (κ2) is 16.3. The van der Waals surface area contributed by atoms with Crippen molar-refractivity contribution >= 4 is 34.0 Å². The molecule has 3 aromatic heterocycles. The second-order valence-corrected chi connectivity index (χ2v) is 9.52. The van der Waals surface area contributed by atoms with Gasteiger partial charge in [0.15, 0.2) is 0 Å². The van der Waals surface area contributed by atoms with Crippen LogP contribution in [-0.2, 0) is 0 Å². The molecular weight excluding hydrogens is 708 g/mol. The van der Waals surface area contributed by atoms with Gasteiger partial charge in [-0.1, -0.05) is 63.6 Å². The summed E-state index contributed by atoms with van der Waals surface area (Å²) in [6, 6.07) is 3.43. The van der Waals surface area contributed by atoms with E-state index in [0.29, 0.717) is 38.6 Å². The zero-order valence-electron chi connectivity index (χ0n) is 20.9. The van der Waals surface area contributed by atoms with E-state index in [1.807, 2.05) is 6.92 Å². The van der Waals surface area contributed by atoms with E-state index in [-0.39, 0.29) is 37.0 Å². The molecule has 0 saturated heterocycles. The molecule has 1 N–H and O–H groups in total. The van der Waals surface area contributed by atoms with Crippen LogP contribution in [0.15, 0.2) is 24.5 Å². The Hall–Kier alpha value is -1.53. The summed E-state index contributed by atoms with van der Waals surface area (Å²) in [6.07, 6.45) is 8.24. The third-order valence-electron chi connectivity index (χ3n) is 5.02. The van der Waals surface area contributed by atoms with Gasteiger partial charge in [0.2, 0.25) is 5.91 Å². The predicted octanol–water partition coefficient (Wildman–Crippen LogP) is 6.69. The molecule has 1 atom stereocenters. The Labute approximate surface area is 241 Å². The van der Waals surface area contributed by atoms with E-state index in [2.05, 4.69) is 58.7 Å². The number of methoxy groups -OCH3 is 1. The minimum Gasteiger partial charge on any atom is -0.494 e. The smallest absolute Gasteiger partial charge is 0.494 e. The molecule has 0 spiro atoms. The summed E-state index contributed by atoms with van der Waals surface area (Å²) in [7, 11) is 1.53. The molecule has 0 fully saturated rings. The summed E-state index contributed by atoms with van der Waals surface area (Å²) >= 11 is 7.11. The summed E-state index contributed by atoms with van der Waals surface area (Å²) in [4.78, 5) is 20.8. The molecule has 1 amide bonds. The molecule has 3 heterocycles. The summed E-state index contributed by atoms with van der Waals surface area (Å²) in [5, 5.41) is 10.6. The SMILES string of the molecule is COc1cnc(Cl)cc1-c1cc(C)ncc1C(=O)Nc1nn[c-]s1.[CH2-]C(CCC)CCC(C)C.[U+2]. The molecule has 0 radical (unpaired) electrons. The van der Waals surface area contributed by atoms with E-state index >= 15 is 0 Å². The monoisotopic (exact) mass is 739 g/mol. The average molecular weight is 740 g/mol. The molecule has 3 aromatic rings. The number of nitrogens with one attached hydrogen (secondary N) is 1. The van der Waals surface area contributed by atoms with Crippen molar-refractivity contribution in [3.05, 3.63) is 53.4 Å². The van der Waals surface area contributed by atoms with Crippen LogP contribution in [0.2, 0.25) is 5.15 Å². The number of amides is 1. The quantitative estimate of drug-likeness (QED) is 0.194. The number of rotatable bonds is 9. The van der Waals surface area contributed by atoms with E-state index in [1.165, 1.54) is 45.2 Å². The van der Waals surface area contributed by atoms with Gasteiger partial charge in [0.05, 0.1) is 24.0 Å². The number of ether oxygens (including phenoxy) is 1. The Morgan fingerprint density at radius 2 is 1.94 bits per heavy atom. The zero-order chi connectivity index (χ0) is 25.1. The number of aromatic nitrogens is 4. The van der Waals surface area contributed by atoms with Crippen molar-refractivity contribution < 1.29 is 40.6 Å². The first kappa shape index (κ1) is 31.5. The van der Waals surface area contributed by atoms with Gasteiger partial charge in [-0.15, -0.1) is 0 Å². The van der Waals surface area contributed by atoms with Crippen LogP contribution in [0.25, 0.3) is 11.1 Å². The summed E-state index contributed by atoms with van der Waals surface area (Å²) in [6.45, 7) is 12.7. The van der Waals surface area contributed by atoms with Gasteiger partial charge in [0.1, 0.15) is 10.9 Å². The molecule has 3 rings (SSSR count). The first-order chi connectivity index (χ1) is 16.2.